The molecular weight excluding hydrogens is 284 g/mol. The van der Waals surface area contributed by atoms with Crippen LogP contribution in [0.3, 0.4) is 0 Å². The minimum atomic E-state index is -0.920. The van der Waals surface area contributed by atoms with E-state index in [4.69, 9.17) is 0 Å². The standard InChI is InChI=1S/C16H12N2O4/c19-14(17-22)11-6-7-12-13(8-11)16(21)18(15(12)20)9-10-4-2-1-3-5-10/h1-8,20-21H,9H2. The fourth-order valence-corrected chi connectivity index (χ4v) is 2.42. The van der Waals surface area contributed by atoms with Crippen molar-refractivity contribution in [1.29, 1.82) is 0 Å². The Morgan fingerprint density at radius 1 is 1.00 bits per heavy atom. The van der Waals surface area contributed by atoms with Crippen LogP contribution >= 0.6 is 0 Å². The molecule has 22 heavy (non-hydrogen) atoms. The summed E-state index contributed by atoms with van der Waals surface area (Å²) in [6.45, 7) is 0.280. The monoisotopic (exact) mass is 296 g/mol. The van der Waals surface area contributed by atoms with E-state index >= 15 is 0 Å². The van der Waals surface area contributed by atoms with Gasteiger partial charge in [0.2, 0.25) is 11.8 Å². The maximum atomic E-state index is 11.3. The Hall–Kier alpha value is -3.15. The van der Waals surface area contributed by atoms with Gasteiger partial charge in [-0.3, -0.25) is 9.36 Å². The summed E-state index contributed by atoms with van der Waals surface area (Å²) in [5.74, 6) is -1.19. The van der Waals surface area contributed by atoms with E-state index in [-0.39, 0.29) is 23.9 Å². The van der Waals surface area contributed by atoms with Gasteiger partial charge < -0.3 is 10.2 Å². The summed E-state index contributed by atoms with van der Waals surface area (Å²) in [5.41, 5.74) is 0.967. The molecule has 0 saturated heterocycles. The molecule has 0 aliphatic heterocycles. The van der Waals surface area contributed by atoms with Crippen LogP contribution in [-0.4, -0.2) is 20.7 Å². The van der Waals surface area contributed by atoms with Crippen molar-refractivity contribution in [1.82, 2.24) is 4.57 Å². The molecule has 3 aromatic rings. The third-order valence-electron chi connectivity index (χ3n) is 3.53. The molecule has 0 unspecified atom stereocenters. The molecule has 0 aliphatic carbocycles. The van der Waals surface area contributed by atoms with Crippen LogP contribution < -0.4 is 0 Å². The van der Waals surface area contributed by atoms with Crippen LogP contribution in [0.2, 0.25) is 0 Å². The number of nitroso groups, excluding NO2 is 1. The van der Waals surface area contributed by atoms with Gasteiger partial charge in [0.25, 0.3) is 0 Å². The van der Waals surface area contributed by atoms with Crippen molar-refractivity contribution in [3.05, 3.63) is 64.6 Å². The van der Waals surface area contributed by atoms with Gasteiger partial charge >= 0.3 is 5.91 Å². The molecule has 6 nitrogen and oxygen atoms in total. The summed E-state index contributed by atoms with van der Waals surface area (Å²) in [7, 11) is 0. The zero-order valence-electron chi connectivity index (χ0n) is 11.4. The largest absolute Gasteiger partial charge is 0.494 e. The van der Waals surface area contributed by atoms with E-state index < -0.39 is 5.91 Å². The normalized spacial score (nSPS) is 10.7. The second-order valence-electron chi connectivity index (χ2n) is 4.88. The molecule has 0 bridgehead atoms. The molecule has 2 aromatic carbocycles. The first-order valence-electron chi connectivity index (χ1n) is 6.57. The molecule has 0 fully saturated rings. The average Bonchev–Trinajstić information content (AvgIpc) is 2.79. The second-order valence-corrected chi connectivity index (χ2v) is 4.88. The van der Waals surface area contributed by atoms with Gasteiger partial charge in [0, 0.05) is 21.5 Å². The summed E-state index contributed by atoms with van der Waals surface area (Å²) in [5, 5.41) is 23.6. The van der Waals surface area contributed by atoms with Gasteiger partial charge in [-0.15, -0.1) is 4.91 Å². The number of carbonyl (C=O) groups excluding carboxylic acids is 1. The van der Waals surface area contributed by atoms with Crippen molar-refractivity contribution in [2.24, 2.45) is 5.18 Å². The number of aromatic hydroxyl groups is 2. The summed E-state index contributed by atoms with van der Waals surface area (Å²) < 4.78 is 1.34. The van der Waals surface area contributed by atoms with E-state index in [0.717, 1.165) is 5.56 Å². The zero-order valence-corrected chi connectivity index (χ0v) is 11.4. The third-order valence-corrected chi connectivity index (χ3v) is 3.53. The summed E-state index contributed by atoms with van der Waals surface area (Å²) in [6.07, 6.45) is 0. The lowest BCUT2D eigenvalue weighted by Gasteiger charge is -2.06. The van der Waals surface area contributed by atoms with Crippen LogP contribution in [0.4, 0.5) is 0 Å². The van der Waals surface area contributed by atoms with Gasteiger partial charge in [-0.1, -0.05) is 30.3 Å². The van der Waals surface area contributed by atoms with E-state index in [1.165, 1.54) is 22.8 Å². The van der Waals surface area contributed by atoms with Gasteiger partial charge in [0.1, 0.15) is 0 Å². The van der Waals surface area contributed by atoms with Crippen molar-refractivity contribution >= 4 is 16.7 Å². The second kappa shape index (κ2) is 5.33. The van der Waals surface area contributed by atoms with Crippen molar-refractivity contribution in [3.63, 3.8) is 0 Å². The van der Waals surface area contributed by atoms with E-state index in [2.05, 4.69) is 5.18 Å². The molecule has 3 rings (SSSR count). The summed E-state index contributed by atoms with van der Waals surface area (Å²) in [4.78, 5) is 21.6. The molecule has 1 heterocycles. The number of hydrogen-bond acceptors (Lipinski definition) is 4. The quantitative estimate of drug-likeness (QED) is 0.727. The van der Waals surface area contributed by atoms with Crippen molar-refractivity contribution in [2.75, 3.05) is 0 Å². The molecule has 0 aliphatic rings. The van der Waals surface area contributed by atoms with Gasteiger partial charge in [-0.05, 0) is 23.8 Å². The molecule has 0 spiro atoms. The molecule has 0 saturated carbocycles. The van der Waals surface area contributed by atoms with Crippen LogP contribution in [-0.2, 0) is 6.54 Å². The fourth-order valence-electron chi connectivity index (χ4n) is 2.42. The SMILES string of the molecule is O=NC(=O)c1ccc2c(O)n(Cc3ccccc3)c(O)c2c1. The highest BCUT2D eigenvalue weighted by Crippen LogP contribution is 2.37. The van der Waals surface area contributed by atoms with E-state index in [1.807, 2.05) is 30.3 Å². The highest BCUT2D eigenvalue weighted by atomic mass is 16.3. The Kier molecular flexibility index (Phi) is 3.34. The number of amides is 1. The molecule has 0 atom stereocenters. The van der Waals surface area contributed by atoms with Crippen LogP contribution in [0.1, 0.15) is 15.9 Å². The lowest BCUT2D eigenvalue weighted by Crippen LogP contribution is -1.97. The molecule has 1 aromatic heterocycles. The van der Waals surface area contributed by atoms with Crippen molar-refractivity contribution in [3.8, 4) is 11.8 Å². The molecule has 6 heteroatoms. The zero-order chi connectivity index (χ0) is 15.7. The van der Waals surface area contributed by atoms with Crippen LogP contribution in [0, 0.1) is 4.91 Å². The maximum Gasteiger partial charge on any atom is 0.316 e. The third kappa shape index (κ3) is 2.20. The van der Waals surface area contributed by atoms with Crippen molar-refractivity contribution < 1.29 is 15.0 Å². The minimum Gasteiger partial charge on any atom is -0.494 e. The van der Waals surface area contributed by atoms with E-state index in [1.54, 1.807) is 0 Å². The smallest absolute Gasteiger partial charge is 0.316 e. The first-order chi connectivity index (χ1) is 10.6. The number of rotatable bonds is 3. The van der Waals surface area contributed by atoms with Crippen LogP contribution in [0.25, 0.3) is 10.8 Å². The van der Waals surface area contributed by atoms with Gasteiger partial charge in [0.15, 0.2) is 0 Å². The summed E-state index contributed by atoms with van der Waals surface area (Å²) in [6, 6.07) is 13.5. The van der Waals surface area contributed by atoms with Gasteiger partial charge in [-0.25, -0.2) is 0 Å². The van der Waals surface area contributed by atoms with Gasteiger partial charge in [0.05, 0.1) is 6.54 Å². The molecular formula is C16H12N2O4. The Labute approximate surface area is 125 Å². The molecule has 110 valence electrons. The predicted molar refractivity (Wildman–Crippen MR) is 80.9 cm³/mol. The number of hydrogen-bond donors (Lipinski definition) is 2. The lowest BCUT2D eigenvalue weighted by molar-refractivity contribution is 0.100. The number of fused-ring (bicyclic) bond motifs is 1. The topological polar surface area (TPSA) is 91.9 Å². The molecule has 0 radical (unpaired) electrons. The Morgan fingerprint density at radius 3 is 2.36 bits per heavy atom. The van der Waals surface area contributed by atoms with E-state index in [9.17, 15) is 19.9 Å². The number of nitrogens with zero attached hydrogens (tertiary/aromatic N) is 2. The van der Waals surface area contributed by atoms with Crippen LogP contribution in [0.5, 0.6) is 11.8 Å². The molecule has 1 amide bonds. The van der Waals surface area contributed by atoms with Gasteiger partial charge in [-0.2, -0.15) is 0 Å². The Balaban J connectivity index is 2.12. The first-order valence-corrected chi connectivity index (χ1v) is 6.57. The van der Waals surface area contributed by atoms with Crippen molar-refractivity contribution in [2.45, 2.75) is 6.54 Å². The number of benzene rings is 2. The average molecular weight is 296 g/mol. The summed E-state index contributed by atoms with van der Waals surface area (Å²) >= 11 is 0. The van der Waals surface area contributed by atoms with Crippen LogP contribution in [0.15, 0.2) is 53.7 Å². The fraction of sp³-hybridized carbons (Fsp3) is 0.0625. The number of carbonyl (C=O) groups is 1. The molecule has 2 N–H and O–H groups in total. The Bertz CT molecular complexity index is 869. The first kappa shape index (κ1) is 13.8. The highest BCUT2D eigenvalue weighted by molar-refractivity contribution is 6.02. The van der Waals surface area contributed by atoms with E-state index in [0.29, 0.717) is 10.8 Å². The minimum absolute atomic E-state index is 0.0645. The Morgan fingerprint density at radius 2 is 1.68 bits per heavy atom. The number of aromatic nitrogens is 1. The predicted octanol–water partition coefficient (Wildman–Crippen LogP) is 3.01. The lowest BCUT2D eigenvalue weighted by atomic mass is 10.1. The highest BCUT2D eigenvalue weighted by Gasteiger charge is 2.18. The maximum absolute atomic E-state index is 11.3.